The summed E-state index contributed by atoms with van der Waals surface area (Å²) in [5.74, 6) is -0.194. The van der Waals surface area contributed by atoms with Crippen molar-refractivity contribution < 1.29 is 5.32 Å². The number of nitrogens with two attached hydrogens (primary N) is 1. The van der Waals surface area contributed by atoms with Gasteiger partial charge < -0.3 is 5.32 Å². The van der Waals surface area contributed by atoms with E-state index in [1.807, 2.05) is 19.2 Å². The Kier molecular flexibility index (Phi) is 6.57. The molecule has 3 atom stereocenters. The van der Waals surface area contributed by atoms with Crippen molar-refractivity contribution in [3.05, 3.63) is 0 Å². The molecular formula is C18H26N5+. The number of unbranched alkanes of at least 4 members (excludes halogenated alkanes) is 1. The van der Waals surface area contributed by atoms with Crippen LogP contribution in [-0.2, 0) is 0 Å². The lowest BCUT2D eigenvalue weighted by Gasteiger charge is -2.29. The van der Waals surface area contributed by atoms with E-state index in [0.717, 1.165) is 32.2 Å². The summed E-state index contributed by atoms with van der Waals surface area (Å²) in [6.07, 6.45) is 4.33. The Hall–Kier alpha value is -2.08. The summed E-state index contributed by atoms with van der Waals surface area (Å²) >= 11 is 0. The van der Waals surface area contributed by atoms with Crippen LogP contribution >= 0.6 is 0 Å². The molecule has 5 nitrogen and oxygen atoms in total. The van der Waals surface area contributed by atoms with Gasteiger partial charge in [0.15, 0.2) is 5.41 Å². The van der Waals surface area contributed by atoms with E-state index in [9.17, 15) is 21.0 Å². The number of quaternary nitrogens is 1. The van der Waals surface area contributed by atoms with Crippen molar-refractivity contribution >= 4 is 0 Å². The quantitative estimate of drug-likeness (QED) is 0.726. The third-order valence-corrected chi connectivity index (χ3v) is 5.41. The molecule has 1 rings (SSSR count). The van der Waals surface area contributed by atoms with Crippen LogP contribution in [-0.4, -0.2) is 12.6 Å². The van der Waals surface area contributed by atoms with Crippen LogP contribution in [0.4, 0.5) is 0 Å². The van der Waals surface area contributed by atoms with Crippen molar-refractivity contribution in [3.63, 3.8) is 0 Å². The zero-order valence-electron chi connectivity index (χ0n) is 14.3. The Bertz CT molecular complexity index is 540. The van der Waals surface area contributed by atoms with Gasteiger partial charge in [-0.05, 0) is 19.3 Å². The molecule has 0 saturated heterocycles. The van der Waals surface area contributed by atoms with Crippen LogP contribution in [0.3, 0.4) is 0 Å². The van der Waals surface area contributed by atoms with E-state index in [-0.39, 0.29) is 17.9 Å². The van der Waals surface area contributed by atoms with Crippen molar-refractivity contribution in [2.24, 2.45) is 22.7 Å². The fourth-order valence-electron chi connectivity index (χ4n) is 4.30. The summed E-state index contributed by atoms with van der Waals surface area (Å²) in [7, 11) is 0. The molecule has 2 N–H and O–H groups in total. The third-order valence-electron chi connectivity index (χ3n) is 5.41. The molecule has 1 aliphatic carbocycles. The molecule has 0 aromatic heterocycles. The highest BCUT2D eigenvalue weighted by Crippen LogP contribution is 2.59. The summed E-state index contributed by atoms with van der Waals surface area (Å²) in [6.45, 7) is 6.95. The van der Waals surface area contributed by atoms with Crippen LogP contribution in [0.2, 0.25) is 0 Å². The van der Waals surface area contributed by atoms with E-state index in [0.29, 0.717) is 6.42 Å². The van der Waals surface area contributed by atoms with E-state index in [2.05, 4.69) is 31.2 Å². The molecule has 122 valence electrons. The number of hydrogen-bond acceptors (Lipinski definition) is 4. The van der Waals surface area contributed by atoms with Crippen molar-refractivity contribution in [3.8, 4) is 24.3 Å². The monoisotopic (exact) mass is 312 g/mol. The molecule has 0 aromatic rings. The lowest BCUT2D eigenvalue weighted by atomic mass is 9.63. The second kappa shape index (κ2) is 7.97. The van der Waals surface area contributed by atoms with E-state index in [4.69, 9.17) is 0 Å². The standard InChI is InChI=1S/C18H25N5/c1-4-7-9-23-16-14(6-3)15(8-5-2)17(10-19,11-20)18(16,12-21)13-22/h14-16,23H,4-9H2,1-3H3/p+1/t14-,15-,16+/m1/s1. The fraction of sp³-hybridized carbons (Fsp3) is 0.778. The minimum atomic E-state index is -1.56. The first-order valence-electron chi connectivity index (χ1n) is 8.57. The van der Waals surface area contributed by atoms with Gasteiger partial charge in [0.2, 0.25) is 5.41 Å². The molecule has 5 heteroatoms. The zero-order chi connectivity index (χ0) is 17.5. The Labute approximate surface area is 139 Å². The van der Waals surface area contributed by atoms with Crippen molar-refractivity contribution in [1.82, 2.24) is 0 Å². The van der Waals surface area contributed by atoms with Gasteiger partial charge in [0.1, 0.15) is 6.04 Å². The van der Waals surface area contributed by atoms with Crippen LogP contribution in [0.25, 0.3) is 0 Å². The molecule has 1 aliphatic rings. The van der Waals surface area contributed by atoms with Gasteiger partial charge in [-0.2, -0.15) is 21.0 Å². The molecule has 0 bridgehead atoms. The minimum absolute atomic E-state index is 0.0328. The van der Waals surface area contributed by atoms with Gasteiger partial charge in [-0.1, -0.05) is 33.6 Å². The van der Waals surface area contributed by atoms with E-state index < -0.39 is 10.8 Å². The average molecular weight is 312 g/mol. The predicted octanol–water partition coefficient (Wildman–Crippen LogP) is 2.24. The highest BCUT2D eigenvalue weighted by molar-refractivity contribution is 5.41. The number of nitriles is 4. The first kappa shape index (κ1) is 19.0. The Morgan fingerprint density at radius 3 is 1.83 bits per heavy atom. The van der Waals surface area contributed by atoms with Crippen LogP contribution < -0.4 is 5.32 Å². The largest absolute Gasteiger partial charge is 0.341 e. The maximum Gasteiger partial charge on any atom is 0.226 e. The van der Waals surface area contributed by atoms with Gasteiger partial charge in [0.05, 0.1) is 30.8 Å². The molecule has 0 spiro atoms. The lowest BCUT2D eigenvalue weighted by Crippen LogP contribution is -2.94. The summed E-state index contributed by atoms with van der Waals surface area (Å²) in [5, 5.41) is 41.4. The molecule has 0 heterocycles. The van der Waals surface area contributed by atoms with E-state index in [1.54, 1.807) is 0 Å². The Balaban J connectivity index is 3.49. The first-order valence-corrected chi connectivity index (χ1v) is 8.57. The molecule has 0 radical (unpaired) electrons. The van der Waals surface area contributed by atoms with E-state index in [1.165, 1.54) is 0 Å². The minimum Gasteiger partial charge on any atom is -0.341 e. The van der Waals surface area contributed by atoms with Crippen LogP contribution in [0.15, 0.2) is 0 Å². The molecule has 1 saturated carbocycles. The molecule has 0 unspecified atom stereocenters. The smallest absolute Gasteiger partial charge is 0.226 e. The van der Waals surface area contributed by atoms with Crippen LogP contribution in [0.1, 0.15) is 52.9 Å². The number of rotatable bonds is 7. The summed E-state index contributed by atoms with van der Waals surface area (Å²) in [4.78, 5) is 0. The second-order valence-corrected chi connectivity index (χ2v) is 6.43. The highest BCUT2D eigenvalue weighted by atomic mass is 15.0. The normalized spacial score (nSPS) is 27.3. The number of nitrogens with zero attached hydrogens (tertiary/aromatic N) is 4. The van der Waals surface area contributed by atoms with Gasteiger partial charge >= 0.3 is 0 Å². The topological polar surface area (TPSA) is 112 Å². The maximum atomic E-state index is 9.85. The Morgan fingerprint density at radius 1 is 0.870 bits per heavy atom. The van der Waals surface area contributed by atoms with E-state index >= 15 is 0 Å². The second-order valence-electron chi connectivity index (χ2n) is 6.43. The third kappa shape index (κ3) is 2.67. The SMILES string of the molecule is CCCC[NH2+][C@H]1[C@H](CC)[C@@H](CCC)C(C#N)(C#N)C1(C#N)C#N. The summed E-state index contributed by atoms with van der Waals surface area (Å²) < 4.78 is 0. The van der Waals surface area contributed by atoms with Gasteiger partial charge in [-0.3, -0.25) is 0 Å². The van der Waals surface area contributed by atoms with Gasteiger partial charge in [-0.15, -0.1) is 0 Å². The van der Waals surface area contributed by atoms with Crippen molar-refractivity contribution in [1.29, 1.82) is 21.0 Å². The maximum absolute atomic E-state index is 9.85. The van der Waals surface area contributed by atoms with Crippen molar-refractivity contribution in [2.45, 2.75) is 58.9 Å². The van der Waals surface area contributed by atoms with Crippen molar-refractivity contribution in [2.75, 3.05) is 6.54 Å². The van der Waals surface area contributed by atoms with Gasteiger partial charge in [0.25, 0.3) is 0 Å². The average Bonchev–Trinajstić information content (AvgIpc) is 2.81. The summed E-state index contributed by atoms with van der Waals surface area (Å²) in [6, 6.07) is 8.14. The van der Waals surface area contributed by atoms with Crippen LogP contribution in [0.5, 0.6) is 0 Å². The van der Waals surface area contributed by atoms with Gasteiger partial charge in [0, 0.05) is 11.8 Å². The lowest BCUT2D eigenvalue weighted by molar-refractivity contribution is -0.702. The highest BCUT2D eigenvalue weighted by Gasteiger charge is 2.73. The molecule has 0 aromatic carbocycles. The molecule has 0 amide bonds. The molecule has 23 heavy (non-hydrogen) atoms. The Morgan fingerprint density at radius 2 is 1.43 bits per heavy atom. The molecule has 1 fully saturated rings. The summed E-state index contributed by atoms with van der Waals surface area (Å²) in [5.41, 5.74) is -3.11. The van der Waals surface area contributed by atoms with Crippen LogP contribution in [0, 0.1) is 68.0 Å². The zero-order valence-corrected chi connectivity index (χ0v) is 14.3. The molecule has 0 aliphatic heterocycles. The fourth-order valence-corrected chi connectivity index (χ4v) is 4.30. The first-order chi connectivity index (χ1) is 11.1. The predicted molar refractivity (Wildman–Crippen MR) is 85.0 cm³/mol. The van der Waals surface area contributed by atoms with Gasteiger partial charge in [-0.25, -0.2) is 0 Å². The number of hydrogen-bond donors (Lipinski definition) is 1. The molecular weight excluding hydrogens is 286 g/mol.